The van der Waals surface area contributed by atoms with E-state index in [1.165, 1.54) is 19.2 Å². The lowest BCUT2D eigenvalue weighted by Crippen LogP contribution is -2.31. The molecule has 7 heteroatoms. The molecule has 0 fully saturated rings. The number of aryl methyl sites for hydroxylation is 1. The molecule has 122 valence electrons. The van der Waals surface area contributed by atoms with Gasteiger partial charge in [0.25, 0.3) is 5.91 Å². The molecule has 1 aromatic heterocycles. The van der Waals surface area contributed by atoms with Crippen LogP contribution < -0.4 is 5.32 Å². The topological polar surface area (TPSA) is 88.8 Å². The third-order valence-electron chi connectivity index (χ3n) is 3.15. The minimum Gasteiger partial charge on any atom is -0.478 e. The first kappa shape index (κ1) is 17.2. The lowest BCUT2D eigenvalue weighted by Gasteiger charge is -2.16. The van der Waals surface area contributed by atoms with Crippen molar-refractivity contribution >= 4 is 27.8 Å². The fraction of sp³-hybridized carbons (Fsp3) is 0.250. The fourth-order valence-electron chi connectivity index (χ4n) is 2.09. The van der Waals surface area contributed by atoms with Crippen molar-refractivity contribution in [3.63, 3.8) is 0 Å². The van der Waals surface area contributed by atoms with E-state index in [9.17, 15) is 9.59 Å². The van der Waals surface area contributed by atoms with Gasteiger partial charge in [0, 0.05) is 17.1 Å². The molecule has 23 heavy (non-hydrogen) atoms. The number of halogens is 1. The molecule has 2 aromatic rings. The molecular formula is C16H16BrNO5. The number of carboxylic acids is 1. The molecule has 0 spiro atoms. The van der Waals surface area contributed by atoms with Gasteiger partial charge >= 0.3 is 5.97 Å². The second-order valence-electron chi connectivity index (χ2n) is 4.96. The SMILES string of the molecule is COCC(NC(=O)c1cc(Br)cc(C(=O)O)c1)c1ccc(C)o1. The normalized spacial score (nSPS) is 12.0. The largest absolute Gasteiger partial charge is 0.478 e. The van der Waals surface area contributed by atoms with Gasteiger partial charge in [-0.3, -0.25) is 4.79 Å². The highest BCUT2D eigenvalue weighted by Crippen LogP contribution is 2.20. The first-order valence-corrected chi connectivity index (χ1v) is 7.60. The summed E-state index contributed by atoms with van der Waals surface area (Å²) in [6.45, 7) is 2.04. The van der Waals surface area contributed by atoms with Crippen molar-refractivity contribution in [3.8, 4) is 0 Å². The van der Waals surface area contributed by atoms with E-state index in [4.69, 9.17) is 14.3 Å². The number of hydrogen-bond donors (Lipinski definition) is 2. The first-order chi connectivity index (χ1) is 10.9. The van der Waals surface area contributed by atoms with Crippen molar-refractivity contribution in [2.45, 2.75) is 13.0 Å². The van der Waals surface area contributed by atoms with E-state index in [1.54, 1.807) is 18.2 Å². The Morgan fingerprint density at radius 2 is 2.00 bits per heavy atom. The smallest absolute Gasteiger partial charge is 0.335 e. The van der Waals surface area contributed by atoms with Crippen LogP contribution in [0.4, 0.5) is 0 Å². The standard InChI is InChI=1S/C16H16BrNO5/c1-9-3-4-14(23-9)13(8-22-2)18-15(19)10-5-11(16(20)21)7-12(17)6-10/h3-7,13H,8H2,1-2H3,(H,18,19)(H,20,21). The monoisotopic (exact) mass is 381 g/mol. The van der Waals surface area contributed by atoms with Crippen LogP contribution in [-0.2, 0) is 4.74 Å². The summed E-state index contributed by atoms with van der Waals surface area (Å²) < 4.78 is 11.1. The first-order valence-electron chi connectivity index (χ1n) is 6.80. The van der Waals surface area contributed by atoms with Gasteiger partial charge in [-0.1, -0.05) is 15.9 Å². The van der Waals surface area contributed by atoms with Crippen LogP contribution in [-0.4, -0.2) is 30.7 Å². The number of carbonyl (C=O) groups excluding carboxylic acids is 1. The number of benzene rings is 1. The molecule has 0 saturated carbocycles. The molecule has 1 heterocycles. The molecule has 1 unspecified atom stereocenters. The van der Waals surface area contributed by atoms with Gasteiger partial charge in [-0.2, -0.15) is 0 Å². The average Bonchev–Trinajstić information content (AvgIpc) is 2.92. The summed E-state index contributed by atoms with van der Waals surface area (Å²) in [5, 5.41) is 11.9. The van der Waals surface area contributed by atoms with E-state index in [0.29, 0.717) is 10.2 Å². The van der Waals surface area contributed by atoms with Crippen LogP contribution in [0, 0.1) is 6.92 Å². The van der Waals surface area contributed by atoms with Gasteiger partial charge in [-0.25, -0.2) is 4.79 Å². The summed E-state index contributed by atoms with van der Waals surface area (Å²) >= 11 is 3.21. The molecule has 0 radical (unpaired) electrons. The third-order valence-corrected chi connectivity index (χ3v) is 3.61. The Balaban J connectivity index is 2.23. The third kappa shape index (κ3) is 4.43. The summed E-state index contributed by atoms with van der Waals surface area (Å²) in [5.74, 6) is -0.211. The predicted molar refractivity (Wildman–Crippen MR) is 86.6 cm³/mol. The van der Waals surface area contributed by atoms with Crippen molar-refractivity contribution in [2.24, 2.45) is 0 Å². The highest BCUT2D eigenvalue weighted by molar-refractivity contribution is 9.10. The van der Waals surface area contributed by atoms with Crippen LogP contribution in [0.1, 0.15) is 38.3 Å². The van der Waals surface area contributed by atoms with Crippen molar-refractivity contribution in [1.29, 1.82) is 0 Å². The molecule has 0 aliphatic rings. The summed E-state index contributed by atoms with van der Waals surface area (Å²) in [6, 6.07) is 7.41. The molecule has 1 atom stereocenters. The van der Waals surface area contributed by atoms with E-state index in [-0.39, 0.29) is 17.7 Å². The number of carbonyl (C=O) groups is 2. The van der Waals surface area contributed by atoms with E-state index in [2.05, 4.69) is 21.2 Å². The second-order valence-corrected chi connectivity index (χ2v) is 5.88. The van der Waals surface area contributed by atoms with Crippen LogP contribution in [0.25, 0.3) is 0 Å². The molecule has 0 bridgehead atoms. The lowest BCUT2D eigenvalue weighted by molar-refractivity contribution is 0.0696. The number of amides is 1. The van der Waals surface area contributed by atoms with Gasteiger partial charge in [0.1, 0.15) is 17.6 Å². The van der Waals surface area contributed by atoms with Gasteiger partial charge in [-0.15, -0.1) is 0 Å². The fourth-order valence-corrected chi connectivity index (χ4v) is 2.58. The number of carboxylic acid groups (broad SMARTS) is 1. The van der Waals surface area contributed by atoms with Gasteiger partial charge in [0.05, 0.1) is 12.2 Å². The Hall–Kier alpha value is -2.12. The van der Waals surface area contributed by atoms with Crippen molar-refractivity contribution in [2.75, 3.05) is 13.7 Å². The van der Waals surface area contributed by atoms with Crippen LogP contribution in [0.15, 0.2) is 39.2 Å². The number of rotatable bonds is 6. The zero-order valence-corrected chi connectivity index (χ0v) is 14.2. The van der Waals surface area contributed by atoms with Crippen molar-refractivity contribution < 1.29 is 23.8 Å². The summed E-state index contributed by atoms with van der Waals surface area (Å²) in [7, 11) is 1.52. The number of furan rings is 1. The van der Waals surface area contributed by atoms with Crippen LogP contribution >= 0.6 is 15.9 Å². The lowest BCUT2D eigenvalue weighted by atomic mass is 10.1. The van der Waals surface area contributed by atoms with Crippen LogP contribution in [0.3, 0.4) is 0 Å². The zero-order valence-electron chi connectivity index (χ0n) is 12.6. The van der Waals surface area contributed by atoms with Crippen molar-refractivity contribution in [3.05, 3.63) is 57.5 Å². The average molecular weight is 382 g/mol. The van der Waals surface area contributed by atoms with Crippen LogP contribution in [0.2, 0.25) is 0 Å². The molecular weight excluding hydrogens is 366 g/mol. The molecule has 1 amide bonds. The Labute approximate surface area is 141 Å². The number of nitrogens with one attached hydrogen (secondary N) is 1. The molecule has 0 aliphatic heterocycles. The molecule has 0 aliphatic carbocycles. The Kier molecular flexibility index (Phi) is 5.57. The highest BCUT2D eigenvalue weighted by Gasteiger charge is 2.20. The number of ether oxygens (including phenoxy) is 1. The quantitative estimate of drug-likeness (QED) is 0.801. The Morgan fingerprint density at radius 3 is 2.57 bits per heavy atom. The summed E-state index contributed by atoms with van der Waals surface area (Å²) in [6.07, 6.45) is 0. The van der Waals surface area contributed by atoms with Crippen molar-refractivity contribution in [1.82, 2.24) is 5.32 Å². The number of hydrogen-bond acceptors (Lipinski definition) is 4. The molecule has 1 aromatic carbocycles. The van der Waals surface area contributed by atoms with E-state index >= 15 is 0 Å². The number of methoxy groups -OCH3 is 1. The molecule has 6 nitrogen and oxygen atoms in total. The maximum atomic E-state index is 12.4. The number of aromatic carboxylic acids is 1. The van der Waals surface area contributed by atoms with Gasteiger partial charge in [0.15, 0.2) is 0 Å². The van der Waals surface area contributed by atoms with Gasteiger partial charge in [-0.05, 0) is 37.3 Å². The van der Waals surface area contributed by atoms with Gasteiger partial charge in [0.2, 0.25) is 0 Å². The second kappa shape index (κ2) is 7.43. The van der Waals surface area contributed by atoms with Gasteiger partial charge < -0.3 is 19.6 Å². The molecule has 2 N–H and O–H groups in total. The minimum atomic E-state index is -1.10. The highest BCUT2D eigenvalue weighted by atomic mass is 79.9. The minimum absolute atomic E-state index is 0.0293. The van der Waals surface area contributed by atoms with E-state index in [0.717, 1.165) is 5.76 Å². The zero-order chi connectivity index (χ0) is 17.0. The summed E-state index contributed by atoms with van der Waals surface area (Å²) in [5.41, 5.74) is 0.266. The maximum absolute atomic E-state index is 12.4. The summed E-state index contributed by atoms with van der Waals surface area (Å²) in [4.78, 5) is 23.5. The van der Waals surface area contributed by atoms with E-state index < -0.39 is 17.9 Å². The Morgan fingerprint density at radius 1 is 1.30 bits per heavy atom. The Bertz CT molecular complexity index is 725. The predicted octanol–water partition coefficient (Wildman–Crippen LogP) is 3.17. The maximum Gasteiger partial charge on any atom is 0.335 e. The van der Waals surface area contributed by atoms with E-state index in [1.807, 2.05) is 6.92 Å². The molecule has 0 saturated heterocycles. The molecule has 2 rings (SSSR count). The van der Waals surface area contributed by atoms with Crippen LogP contribution in [0.5, 0.6) is 0 Å².